The monoisotopic (exact) mass is 309 g/mol. The summed E-state index contributed by atoms with van der Waals surface area (Å²) in [6.07, 6.45) is 0.995. The molecule has 0 saturated heterocycles. The molecular formula is C15H19NO2S2. The number of sulfone groups is 1. The van der Waals surface area contributed by atoms with Crippen molar-refractivity contribution in [2.24, 2.45) is 0 Å². The fourth-order valence-electron chi connectivity index (χ4n) is 2.05. The minimum atomic E-state index is -3.19. The maximum absolute atomic E-state index is 12.1. The van der Waals surface area contributed by atoms with Gasteiger partial charge < -0.3 is 5.32 Å². The molecule has 2 rings (SSSR count). The van der Waals surface area contributed by atoms with Crippen LogP contribution >= 0.6 is 11.3 Å². The predicted molar refractivity (Wildman–Crippen MR) is 85.2 cm³/mol. The molecule has 0 amide bonds. The molecule has 0 fully saturated rings. The number of hydrogen-bond acceptors (Lipinski definition) is 4. The smallest absolute Gasteiger partial charge is 0.180 e. The molecule has 2 aromatic rings. The second-order valence-corrected chi connectivity index (χ2v) is 7.72. The van der Waals surface area contributed by atoms with Gasteiger partial charge in [-0.2, -0.15) is 0 Å². The third-order valence-corrected chi connectivity index (χ3v) is 6.01. The molecule has 0 saturated carbocycles. The lowest BCUT2D eigenvalue weighted by Gasteiger charge is -2.11. The molecule has 1 N–H and O–H groups in total. The topological polar surface area (TPSA) is 46.2 Å². The highest BCUT2D eigenvalue weighted by Crippen LogP contribution is 2.24. The largest absolute Gasteiger partial charge is 0.379 e. The average molecular weight is 309 g/mol. The molecule has 0 atom stereocenters. The van der Waals surface area contributed by atoms with Crippen molar-refractivity contribution in [3.8, 4) is 0 Å². The van der Waals surface area contributed by atoms with Gasteiger partial charge in [0.1, 0.15) is 0 Å². The van der Waals surface area contributed by atoms with Crippen LogP contribution in [0, 0.1) is 0 Å². The molecule has 20 heavy (non-hydrogen) atoms. The first-order valence-corrected chi connectivity index (χ1v) is 9.22. The molecule has 5 heteroatoms. The maximum atomic E-state index is 12.1. The Morgan fingerprint density at radius 1 is 1.15 bits per heavy atom. The van der Waals surface area contributed by atoms with Gasteiger partial charge in [0.05, 0.1) is 16.3 Å². The lowest BCUT2D eigenvalue weighted by Crippen LogP contribution is -2.09. The van der Waals surface area contributed by atoms with Crippen LogP contribution in [0.3, 0.4) is 0 Å². The van der Waals surface area contributed by atoms with E-state index in [1.165, 1.54) is 10.4 Å². The highest BCUT2D eigenvalue weighted by molar-refractivity contribution is 7.91. The van der Waals surface area contributed by atoms with E-state index in [4.69, 9.17) is 0 Å². The highest BCUT2D eigenvalue weighted by atomic mass is 32.2. The predicted octanol–water partition coefficient (Wildman–Crippen LogP) is 3.72. The number of anilines is 1. The third kappa shape index (κ3) is 3.22. The van der Waals surface area contributed by atoms with Crippen molar-refractivity contribution in [1.29, 1.82) is 0 Å². The second kappa shape index (κ2) is 6.41. The Morgan fingerprint density at radius 2 is 1.90 bits per heavy atom. The van der Waals surface area contributed by atoms with E-state index >= 15 is 0 Å². The zero-order valence-electron chi connectivity index (χ0n) is 11.7. The number of rotatable bonds is 6. The van der Waals surface area contributed by atoms with Crippen molar-refractivity contribution in [3.63, 3.8) is 0 Å². The van der Waals surface area contributed by atoms with Crippen molar-refractivity contribution in [3.05, 3.63) is 46.2 Å². The second-order valence-electron chi connectivity index (χ2n) is 4.48. The fourth-order valence-corrected chi connectivity index (χ4v) is 4.04. The van der Waals surface area contributed by atoms with E-state index in [0.717, 1.165) is 6.42 Å². The number of para-hydroxylation sites is 1. The number of benzene rings is 1. The van der Waals surface area contributed by atoms with E-state index in [2.05, 4.69) is 23.7 Å². The van der Waals surface area contributed by atoms with Crippen LogP contribution in [0.1, 0.15) is 24.3 Å². The first-order chi connectivity index (χ1) is 9.58. The lowest BCUT2D eigenvalue weighted by atomic mass is 10.2. The molecule has 0 aliphatic carbocycles. The Balaban J connectivity index is 2.23. The third-order valence-electron chi connectivity index (χ3n) is 3.26. The number of thiophene rings is 1. The van der Waals surface area contributed by atoms with Crippen LogP contribution < -0.4 is 5.32 Å². The standard InChI is InChI=1S/C15H19NO2S2/c1-3-12-9-10-19-14(12)11-16-13-7-5-6-8-15(13)20(17,18)4-2/h5-10,16H,3-4,11H2,1-2H3. The molecule has 1 heterocycles. The molecule has 0 aliphatic rings. The van der Waals surface area contributed by atoms with Crippen LogP contribution in [-0.4, -0.2) is 14.2 Å². The van der Waals surface area contributed by atoms with Crippen molar-refractivity contribution in [2.75, 3.05) is 11.1 Å². The van der Waals surface area contributed by atoms with E-state index < -0.39 is 9.84 Å². The van der Waals surface area contributed by atoms with Crippen LogP contribution in [0.4, 0.5) is 5.69 Å². The molecule has 0 aliphatic heterocycles. The van der Waals surface area contributed by atoms with Gasteiger partial charge >= 0.3 is 0 Å². The summed E-state index contributed by atoms with van der Waals surface area (Å²) in [6.45, 7) is 4.46. The number of nitrogens with one attached hydrogen (secondary N) is 1. The van der Waals surface area contributed by atoms with Gasteiger partial charge in [0.2, 0.25) is 0 Å². The van der Waals surface area contributed by atoms with Gasteiger partial charge in [0, 0.05) is 11.4 Å². The van der Waals surface area contributed by atoms with Crippen LogP contribution in [0.15, 0.2) is 40.6 Å². The summed E-state index contributed by atoms with van der Waals surface area (Å²) in [7, 11) is -3.19. The van der Waals surface area contributed by atoms with E-state index in [0.29, 0.717) is 17.1 Å². The van der Waals surface area contributed by atoms with Gasteiger partial charge in [-0.25, -0.2) is 8.42 Å². The van der Waals surface area contributed by atoms with Crippen LogP contribution in [-0.2, 0) is 22.8 Å². The van der Waals surface area contributed by atoms with Gasteiger partial charge in [0.15, 0.2) is 9.84 Å². The van der Waals surface area contributed by atoms with Gasteiger partial charge in [0.25, 0.3) is 0 Å². The first kappa shape index (κ1) is 15.1. The van der Waals surface area contributed by atoms with Crippen molar-refractivity contribution in [1.82, 2.24) is 0 Å². The Bertz CT molecular complexity index is 675. The molecule has 0 unspecified atom stereocenters. The summed E-state index contributed by atoms with van der Waals surface area (Å²) in [5.41, 5.74) is 2.00. The van der Waals surface area contributed by atoms with E-state index in [1.807, 2.05) is 12.1 Å². The summed E-state index contributed by atoms with van der Waals surface area (Å²) in [5, 5.41) is 5.34. The highest BCUT2D eigenvalue weighted by Gasteiger charge is 2.16. The maximum Gasteiger partial charge on any atom is 0.180 e. The summed E-state index contributed by atoms with van der Waals surface area (Å²) >= 11 is 1.70. The number of hydrogen-bond donors (Lipinski definition) is 1. The lowest BCUT2D eigenvalue weighted by molar-refractivity contribution is 0.597. The fraction of sp³-hybridized carbons (Fsp3) is 0.333. The Kier molecular flexibility index (Phi) is 4.83. The molecule has 1 aromatic carbocycles. The Hall–Kier alpha value is -1.33. The zero-order chi connectivity index (χ0) is 14.6. The molecule has 108 valence electrons. The van der Waals surface area contributed by atoms with Gasteiger partial charge in [-0.15, -0.1) is 11.3 Å². The summed E-state index contributed by atoms with van der Waals surface area (Å²) in [4.78, 5) is 1.65. The van der Waals surface area contributed by atoms with Gasteiger partial charge in [-0.05, 0) is 35.6 Å². The quantitative estimate of drug-likeness (QED) is 0.884. The van der Waals surface area contributed by atoms with Crippen LogP contribution in [0.2, 0.25) is 0 Å². The molecule has 0 bridgehead atoms. The first-order valence-electron chi connectivity index (χ1n) is 6.69. The molecule has 0 spiro atoms. The summed E-state index contributed by atoms with van der Waals surface area (Å²) in [6, 6.07) is 9.22. The molecule has 1 aromatic heterocycles. The average Bonchev–Trinajstić information content (AvgIpc) is 2.93. The Morgan fingerprint density at radius 3 is 2.60 bits per heavy atom. The summed E-state index contributed by atoms with van der Waals surface area (Å²) in [5.74, 6) is 0.116. The summed E-state index contributed by atoms with van der Waals surface area (Å²) < 4.78 is 24.1. The minimum absolute atomic E-state index is 0.116. The van der Waals surface area contributed by atoms with Crippen LogP contribution in [0.25, 0.3) is 0 Å². The number of aryl methyl sites for hydroxylation is 1. The molecule has 0 radical (unpaired) electrons. The van der Waals surface area contributed by atoms with Crippen molar-refractivity contribution in [2.45, 2.75) is 31.7 Å². The minimum Gasteiger partial charge on any atom is -0.379 e. The van der Waals surface area contributed by atoms with E-state index in [1.54, 1.807) is 30.4 Å². The van der Waals surface area contributed by atoms with E-state index in [9.17, 15) is 8.42 Å². The van der Waals surface area contributed by atoms with Crippen LogP contribution in [0.5, 0.6) is 0 Å². The SMILES string of the molecule is CCc1ccsc1CNc1ccccc1S(=O)(=O)CC. The van der Waals surface area contributed by atoms with Crippen molar-refractivity contribution >= 4 is 26.9 Å². The Labute approximate surface area is 124 Å². The molecular weight excluding hydrogens is 290 g/mol. The molecule has 3 nitrogen and oxygen atoms in total. The normalized spacial score (nSPS) is 11.5. The van der Waals surface area contributed by atoms with E-state index in [-0.39, 0.29) is 5.75 Å². The van der Waals surface area contributed by atoms with Crippen molar-refractivity contribution < 1.29 is 8.42 Å². The zero-order valence-corrected chi connectivity index (χ0v) is 13.4. The van der Waals surface area contributed by atoms with Gasteiger partial charge in [-0.1, -0.05) is 26.0 Å². The van der Waals surface area contributed by atoms with Gasteiger partial charge in [-0.3, -0.25) is 0 Å².